The van der Waals surface area contributed by atoms with Crippen molar-refractivity contribution < 1.29 is 0 Å². The third kappa shape index (κ3) is 4.84. The standard InChI is InChI=1S/C48H35B3N2/c49-44-42(45(50)46(51)48-43(44)38-19-10-11-22-40(38)53(48)34-17-8-3-9-18-34)33-25-28-41-39(29-33)37-21-12-20-36(32-15-6-2-7-16-32)47(37)52(41)35-26-23-31(24-27-35)30-13-4-1-5-14-30/h1-29H,49-51H2. The lowest BCUT2D eigenvalue weighted by Crippen LogP contribution is -2.35. The van der Waals surface area contributed by atoms with Crippen molar-refractivity contribution in [3.8, 4) is 44.8 Å². The van der Waals surface area contributed by atoms with E-state index >= 15 is 0 Å². The highest BCUT2D eigenvalue weighted by Crippen LogP contribution is 2.40. The molecule has 0 unspecified atom stereocenters. The van der Waals surface area contributed by atoms with E-state index in [0.717, 1.165) is 5.69 Å². The maximum Gasteiger partial charge on any atom is 0.141 e. The molecule has 2 nitrogen and oxygen atoms in total. The molecular formula is C48H35B3N2. The molecule has 0 saturated heterocycles. The van der Waals surface area contributed by atoms with Crippen molar-refractivity contribution in [2.24, 2.45) is 0 Å². The van der Waals surface area contributed by atoms with Gasteiger partial charge in [0.05, 0.1) is 16.6 Å². The first-order valence-corrected chi connectivity index (χ1v) is 18.5. The Labute approximate surface area is 312 Å². The monoisotopic (exact) mass is 672 g/mol. The van der Waals surface area contributed by atoms with Gasteiger partial charge in [0, 0.05) is 44.0 Å². The molecule has 5 heteroatoms. The number of fused-ring (bicyclic) bond motifs is 6. The van der Waals surface area contributed by atoms with Crippen LogP contribution in [0.25, 0.3) is 88.4 Å². The molecular weight excluding hydrogens is 637 g/mol. The Morgan fingerprint density at radius 2 is 0.887 bits per heavy atom. The zero-order valence-corrected chi connectivity index (χ0v) is 30.1. The number of para-hydroxylation sites is 3. The van der Waals surface area contributed by atoms with Crippen LogP contribution < -0.4 is 16.4 Å². The average molecular weight is 672 g/mol. The smallest absolute Gasteiger partial charge is 0.141 e. The Hall–Kier alpha value is -6.45. The second-order valence-electron chi connectivity index (χ2n) is 14.2. The van der Waals surface area contributed by atoms with Gasteiger partial charge in [0.15, 0.2) is 0 Å². The summed E-state index contributed by atoms with van der Waals surface area (Å²) < 4.78 is 4.92. The van der Waals surface area contributed by atoms with Crippen LogP contribution in [0.3, 0.4) is 0 Å². The summed E-state index contributed by atoms with van der Waals surface area (Å²) in [5.74, 6) is 0. The van der Waals surface area contributed by atoms with Crippen LogP contribution in [0.1, 0.15) is 0 Å². The minimum absolute atomic E-state index is 1.15. The van der Waals surface area contributed by atoms with Crippen molar-refractivity contribution in [2.75, 3.05) is 0 Å². The van der Waals surface area contributed by atoms with Gasteiger partial charge in [-0.15, -0.1) is 0 Å². The number of nitrogens with zero attached hydrogens (tertiary/aromatic N) is 2. The first-order chi connectivity index (χ1) is 26.1. The van der Waals surface area contributed by atoms with Gasteiger partial charge >= 0.3 is 0 Å². The predicted molar refractivity (Wildman–Crippen MR) is 236 cm³/mol. The van der Waals surface area contributed by atoms with E-state index in [1.165, 1.54) is 99.1 Å². The SMILES string of the molecule is Bc1c(-c2ccc3c(c2)c2cccc(-c4ccccc4)c2n3-c2ccc(-c3ccccc3)cc2)c(B)c2c3ccccc3n(-c3ccccc3)c2c1B. The number of hydrogen-bond acceptors (Lipinski definition) is 0. The number of aromatic nitrogens is 2. The summed E-state index contributed by atoms with van der Waals surface area (Å²) >= 11 is 0. The molecule has 0 spiro atoms. The highest BCUT2D eigenvalue weighted by molar-refractivity contribution is 6.60. The number of benzene rings is 8. The maximum atomic E-state index is 2.47. The van der Waals surface area contributed by atoms with Crippen LogP contribution in [0, 0.1) is 0 Å². The lowest BCUT2D eigenvalue weighted by Gasteiger charge is -2.18. The lowest BCUT2D eigenvalue weighted by molar-refractivity contribution is 1.18. The van der Waals surface area contributed by atoms with Gasteiger partial charge in [0.25, 0.3) is 0 Å². The van der Waals surface area contributed by atoms with Gasteiger partial charge in [-0.05, 0) is 70.3 Å². The molecule has 2 heterocycles. The lowest BCUT2D eigenvalue weighted by atomic mass is 9.69. The summed E-state index contributed by atoms with van der Waals surface area (Å²) in [6, 6.07) is 64.0. The summed E-state index contributed by atoms with van der Waals surface area (Å²) in [5.41, 5.74) is 18.7. The molecule has 0 saturated carbocycles. The van der Waals surface area contributed by atoms with Gasteiger partial charge in [-0.2, -0.15) is 0 Å². The van der Waals surface area contributed by atoms with Gasteiger partial charge in [-0.3, -0.25) is 0 Å². The number of hydrogen-bond donors (Lipinski definition) is 0. The molecule has 53 heavy (non-hydrogen) atoms. The molecule has 0 fully saturated rings. The Balaban J connectivity index is 1.24. The van der Waals surface area contributed by atoms with Crippen molar-refractivity contribution in [3.05, 3.63) is 176 Å². The summed E-state index contributed by atoms with van der Waals surface area (Å²) in [7, 11) is 6.93. The molecule has 0 atom stereocenters. The quantitative estimate of drug-likeness (QED) is 0.166. The van der Waals surface area contributed by atoms with E-state index < -0.39 is 0 Å². The third-order valence-electron chi connectivity index (χ3n) is 11.3. The largest absolute Gasteiger partial charge is 0.310 e. The molecule has 0 aliphatic carbocycles. The van der Waals surface area contributed by atoms with Gasteiger partial charge in [0.2, 0.25) is 0 Å². The third-order valence-corrected chi connectivity index (χ3v) is 11.3. The zero-order chi connectivity index (χ0) is 35.6. The Morgan fingerprint density at radius 3 is 1.62 bits per heavy atom. The van der Waals surface area contributed by atoms with E-state index in [1.54, 1.807) is 0 Å². The van der Waals surface area contributed by atoms with E-state index in [0.29, 0.717) is 0 Å². The summed E-state index contributed by atoms with van der Waals surface area (Å²) in [6.07, 6.45) is 0. The van der Waals surface area contributed by atoms with Crippen molar-refractivity contribution in [3.63, 3.8) is 0 Å². The predicted octanol–water partition coefficient (Wildman–Crippen LogP) is 7.66. The fraction of sp³-hybridized carbons (Fsp3) is 0. The summed E-state index contributed by atoms with van der Waals surface area (Å²) in [6.45, 7) is 0. The van der Waals surface area contributed by atoms with Crippen LogP contribution in [0.2, 0.25) is 0 Å². The highest BCUT2D eigenvalue weighted by atomic mass is 15.0. The molecule has 0 aliphatic heterocycles. The Morgan fingerprint density at radius 1 is 0.340 bits per heavy atom. The first-order valence-electron chi connectivity index (χ1n) is 18.5. The molecule has 0 radical (unpaired) electrons. The zero-order valence-electron chi connectivity index (χ0n) is 30.1. The summed E-state index contributed by atoms with van der Waals surface area (Å²) in [4.78, 5) is 0. The van der Waals surface area contributed by atoms with Crippen molar-refractivity contribution in [1.29, 1.82) is 0 Å². The van der Waals surface area contributed by atoms with E-state index in [1.807, 2.05) is 0 Å². The van der Waals surface area contributed by atoms with Gasteiger partial charge in [-0.1, -0.05) is 150 Å². The van der Waals surface area contributed by atoms with Crippen LogP contribution in [-0.4, -0.2) is 32.7 Å². The minimum Gasteiger partial charge on any atom is -0.310 e. The fourth-order valence-corrected chi connectivity index (χ4v) is 8.80. The van der Waals surface area contributed by atoms with E-state index in [9.17, 15) is 0 Å². The van der Waals surface area contributed by atoms with Crippen LogP contribution in [0.4, 0.5) is 0 Å². The molecule has 0 bridgehead atoms. The van der Waals surface area contributed by atoms with Crippen LogP contribution >= 0.6 is 0 Å². The Kier molecular flexibility index (Phi) is 7.30. The summed E-state index contributed by atoms with van der Waals surface area (Å²) in [5, 5.41) is 5.13. The van der Waals surface area contributed by atoms with E-state index in [4.69, 9.17) is 0 Å². The molecule has 0 N–H and O–H groups in total. The minimum atomic E-state index is 1.15. The second-order valence-corrected chi connectivity index (χ2v) is 14.2. The molecule has 0 amide bonds. The fourth-order valence-electron chi connectivity index (χ4n) is 8.80. The van der Waals surface area contributed by atoms with Gasteiger partial charge in [-0.25, -0.2) is 0 Å². The van der Waals surface area contributed by atoms with Crippen molar-refractivity contribution in [1.82, 2.24) is 9.13 Å². The first kappa shape index (κ1) is 31.3. The van der Waals surface area contributed by atoms with Crippen LogP contribution in [0.5, 0.6) is 0 Å². The topological polar surface area (TPSA) is 9.86 Å². The van der Waals surface area contributed by atoms with E-state index in [2.05, 4.69) is 209 Å². The molecule has 246 valence electrons. The molecule has 2 aromatic heterocycles. The maximum absolute atomic E-state index is 2.47. The molecule has 8 aromatic carbocycles. The Bertz CT molecular complexity index is 3000. The van der Waals surface area contributed by atoms with Crippen LogP contribution in [0.15, 0.2) is 176 Å². The second kappa shape index (κ2) is 12.4. The van der Waals surface area contributed by atoms with Crippen molar-refractivity contribution >= 4 is 83.5 Å². The van der Waals surface area contributed by atoms with Crippen LogP contribution in [-0.2, 0) is 0 Å². The van der Waals surface area contributed by atoms with E-state index in [-0.39, 0.29) is 0 Å². The highest BCUT2D eigenvalue weighted by Gasteiger charge is 2.22. The number of rotatable bonds is 5. The van der Waals surface area contributed by atoms with Crippen molar-refractivity contribution in [2.45, 2.75) is 0 Å². The normalized spacial score (nSPS) is 11.6. The molecule has 10 rings (SSSR count). The van der Waals surface area contributed by atoms with Gasteiger partial charge in [0.1, 0.15) is 23.5 Å². The molecule has 0 aliphatic rings. The molecule has 10 aromatic rings. The van der Waals surface area contributed by atoms with Gasteiger partial charge < -0.3 is 9.13 Å². The average Bonchev–Trinajstić information content (AvgIpc) is 3.75.